The molecule has 0 unspecified atom stereocenters. The fourth-order valence-electron chi connectivity index (χ4n) is 4.41. The Morgan fingerprint density at radius 3 is 2.72 bits per heavy atom. The highest BCUT2D eigenvalue weighted by molar-refractivity contribution is 5.89. The second kappa shape index (κ2) is 6.46. The van der Waals surface area contributed by atoms with E-state index in [4.69, 9.17) is 0 Å². The van der Waals surface area contributed by atoms with Crippen LogP contribution in [0.15, 0.2) is 6.07 Å². The van der Waals surface area contributed by atoms with Crippen molar-refractivity contribution in [2.75, 3.05) is 13.1 Å². The zero-order chi connectivity index (χ0) is 17.6. The van der Waals surface area contributed by atoms with Crippen LogP contribution in [0, 0.1) is 19.8 Å². The minimum absolute atomic E-state index is 0.144. The van der Waals surface area contributed by atoms with Crippen molar-refractivity contribution in [2.24, 2.45) is 5.92 Å². The first kappa shape index (κ1) is 16.6. The van der Waals surface area contributed by atoms with Crippen LogP contribution in [-0.2, 0) is 16.1 Å². The average Bonchev–Trinajstić information content (AvgIpc) is 3.28. The second-order valence-corrected chi connectivity index (χ2v) is 7.97. The third kappa shape index (κ3) is 3.31. The number of piperidine rings is 1. The quantitative estimate of drug-likeness (QED) is 0.838. The second-order valence-electron chi connectivity index (χ2n) is 7.97. The third-order valence-electron chi connectivity index (χ3n) is 5.89. The van der Waals surface area contributed by atoms with Gasteiger partial charge in [0.15, 0.2) is 0 Å². The number of carbonyl (C=O) groups excluding carboxylic acids is 2. The number of hydrogen-bond acceptors (Lipinski definition) is 3. The van der Waals surface area contributed by atoms with Crippen LogP contribution in [0.25, 0.3) is 0 Å². The lowest BCUT2D eigenvalue weighted by atomic mass is 9.98. The van der Waals surface area contributed by atoms with Crippen LogP contribution in [0.5, 0.6) is 0 Å². The van der Waals surface area contributed by atoms with E-state index in [1.807, 2.05) is 21.4 Å². The summed E-state index contributed by atoms with van der Waals surface area (Å²) in [6.45, 7) is 6.28. The van der Waals surface area contributed by atoms with Crippen molar-refractivity contribution >= 4 is 11.8 Å². The van der Waals surface area contributed by atoms with E-state index < -0.39 is 0 Å². The molecule has 1 saturated carbocycles. The summed E-state index contributed by atoms with van der Waals surface area (Å²) in [6.07, 6.45) is 5.86. The number of nitrogens with zero attached hydrogens (tertiary/aromatic N) is 4. The Kier molecular flexibility index (Phi) is 4.29. The fourth-order valence-corrected chi connectivity index (χ4v) is 4.41. The van der Waals surface area contributed by atoms with Crippen LogP contribution >= 0.6 is 0 Å². The fraction of sp³-hybridized carbons (Fsp3) is 0.737. The van der Waals surface area contributed by atoms with E-state index in [9.17, 15) is 9.59 Å². The summed E-state index contributed by atoms with van der Waals surface area (Å²) < 4.78 is 2.03. The predicted molar refractivity (Wildman–Crippen MR) is 93.9 cm³/mol. The lowest BCUT2D eigenvalue weighted by Gasteiger charge is -2.37. The van der Waals surface area contributed by atoms with Crippen molar-refractivity contribution in [3.63, 3.8) is 0 Å². The molecule has 0 bridgehead atoms. The number of aryl methyl sites for hydroxylation is 2. The van der Waals surface area contributed by atoms with Gasteiger partial charge in [0.1, 0.15) is 0 Å². The van der Waals surface area contributed by atoms with E-state index in [1.165, 1.54) is 0 Å². The standard InChI is InChI=1S/C19H28N4O2/c1-13-9-14(2)23(20-13)12-17-5-3-4-8-21(17)19(25)15-10-18(24)22(11-15)16-6-7-16/h9,15-17H,3-8,10-12H2,1-2H3/t15-,17+/m1/s1. The molecule has 3 heterocycles. The molecule has 6 heteroatoms. The maximum Gasteiger partial charge on any atom is 0.228 e. The summed E-state index contributed by atoms with van der Waals surface area (Å²) >= 11 is 0. The minimum Gasteiger partial charge on any atom is -0.339 e. The topological polar surface area (TPSA) is 58.4 Å². The summed E-state index contributed by atoms with van der Waals surface area (Å²) in [6, 6.07) is 2.69. The van der Waals surface area contributed by atoms with E-state index in [0.29, 0.717) is 19.0 Å². The Morgan fingerprint density at radius 1 is 1.24 bits per heavy atom. The molecule has 0 aromatic carbocycles. The average molecular weight is 344 g/mol. The summed E-state index contributed by atoms with van der Waals surface area (Å²) in [5, 5.41) is 4.57. The van der Waals surface area contributed by atoms with Crippen molar-refractivity contribution in [3.8, 4) is 0 Å². The molecule has 1 aliphatic carbocycles. The molecule has 3 aliphatic rings. The Balaban J connectivity index is 1.46. The van der Waals surface area contributed by atoms with Crippen LogP contribution in [-0.4, -0.2) is 56.6 Å². The van der Waals surface area contributed by atoms with E-state index in [-0.39, 0.29) is 23.8 Å². The first-order valence-corrected chi connectivity index (χ1v) is 9.64. The van der Waals surface area contributed by atoms with Gasteiger partial charge in [0.05, 0.1) is 24.2 Å². The molecule has 2 saturated heterocycles. The molecule has 3 fully saturated rings. The van der Waals surface area contributed by atoms with E-state index in [2.05, 4.69) is 18.1 Å². The van der Waals surface area contributed by atoms with Gasteiger partial charge >= 0.3 is 0 Å². The highest BCUT2D eigenvalue weighted by Crippen LogP contribution is 2.34. The number of amides is 2. The first-order valence-electron chi connectivity index (χ1n) is 9.64. The van der Waals surface area contributed by atoms with Gasteiger partial charge in [0.2, 0.25) is 11.8 Å². The number of rotatable bonds is 4. The van der Waals surface area contributed by atoms with Gasteiger partial charge in [0, 0.05) is 31.2 Å². The first-order chi connectivity index (χ1) is 12.0. The molecule has 25 heavy (non-hydrogen) atoms. The maximum absolute atomic E-state index is 13.1. The predicted octanol–water partition coefficient (Wildman–Crippen LogP) is 1.89. The molecule has 136 valence electrons. The zero-order valence-corrected chi connectivity index (χ0v) is 15.3. The lowest BCUT2D eigenvalue weighted by Crippen LogP contribution is -2.48. The van der Waals surface area contributed by atoms with Crippen LogP contribution < -0.4 is 0 Å². The third-order valence-corrected chi connectivity index (χ3v) is 5.89. The van der Waals surface area contributed by atoms with Crippen LogP contribution in [0.4, 0.5) is 0 Å². The number of aromatic nitrogens is 2. The SMILES string of the molecule is Cc1cc(C)n(C[C@@H]2CCCCN2C(=O)[C@@H]2CC(=O)N(C3CC3)C2)n1. The van der Waals surface area contributed by atoms with Gasteiger partial charge < -0.3 is 9.80 Å². The van der Waals surface area contributed by atoms with Crippen LogP contribution in [0.1, 0.15) is 49.9 Å². The molecule has 0 N–H and O–H groups in total. The highest BCUT2D eigenvalue weighted by atomic mass is 16.2. The minimum atomic E-state index is -0.144. The van der Waals surface area contributed by atoms with Gasteiger partial charge in [-0.15, -0.1) is 0 Å². The zero-order valence-electron chi connectivity index (χ0n) is 15.3. The van der Waals surface area contributed by atoms with Gasteiger partial charge in [0.25, 0.3) is 0 Å². The van der Waals surface area contributed by atoms with Crippen molar-refractivity contribution in [2.45, 2.75) is 71.0 Å². The Labute approximate surface area is 149 Å². The number of carbonyl (C=O) groups is 2. The summed E-state index contributed by atoms with van der Waals surface area (Å²) in [7, 11) is 0. The van der Waals surface area contributed by atoms with Gasteiger partial charge in [-0.3, -0.25) is 14.3 Å². The highest BCUT2D eigenvalue weighted by Gasteiger charge is 2.43. The van der Waals surface area contributed by atoms with Gasteiger partial charge in [-0.2, -0.15) is 5.10 Å². The normalized spacial score (nSPS) is 27.2. The molecule has 0 radical (unpaired) electrons. The summed E-state index contributed by atoms with van der Waals surface area (Å²) in [4.78, 5) is 29.4. The van der Waals surface area contributed by atoms with E-state index in [0.717, 1.165) is 56.6 Å². The molecule has 2 amide bonds. The Morgan fingerprint density at radius 2 is 2.04 bits per heavy atom. The van der Waals surface area contributed by atoms with Crippen molar-refractivity contribution in [1.82, 2.24) is 19.6 Å². The smallest absolute Gasteiger partial charge is 0.228 e. The lowest BCUT2D eigenvalue weighted by molar-refractivity contribution is -0.139. The molecular formula is C19H28N4O2. The van der Waals surface area contributed by atoms with Gasteiger partial charge in [-0.05, 0) is 52.0 Å². The molecule has 1 aromatic rings. The maximum atomic E-state index is 13.1. The molecule has 6 nitrogen and oxygen atoms in total. The van der Waals surface area contributed by atoms with Crippen molar-refractivity contribution < 1.29 is 9.59 Å². The van der Waals surface area contributed by atoms with Crippen molar-refractivity contribution in [3.05, 3.63) is 17.5 Å². The Hall–Kier alpha value is -1.85. The molecule has 2 aliphatic heterocycles. The largest absolute Gasteiger partial charge is 0.339 e. The molecule has 0 spiro atoms. The van der Waals surface area contributed by atoms with Crippen LogP contribution in [0.2, 0.25) is 0 Å². The van der Waals surface area contributed by atoms with Crippen LogP contribution in [0.3, 0.4) is 0 Å². The summed E-state index contributed by atoms with van der Waals surface area (Å²) in [5.74, 6) is 0.213. The van der Waals surface area contributed by atoms with Crippen molar-refractivity contribution in [1.29, 1.82) is 0 Å². The van der Waals surface area contributed by atoms with Gasteiger partial charge in [-0.25, -0.2) is 0 Å². The molecule has 2 atom stereocenters. The van der Waals surface area contributed by atoms with E-state index >= 15 is 0 Å². The summed E-state index contributed by atoms with van der Waals surface area (Å²) in [5.41, 5.74) is 2.17. The molecule has 1 aromatic heterocycles. The van der Waals surface area contributed by atoms with Gasteiger partial charge in [-0.1, -0.05) is 0 Å². The van der Waals surface area contributed by atoms with E-state index in [1.54, 1.807) is 0 Å². The monoisotopic (exact) mass is 344 g/mol. The molecular weight excluding hydrogens is 316 g/mol. The Bertz CT molecular complexity index is 679. The molecule has 4 rings (SSSR count). The number of likely N-dealkylation sites (tertiary alicyclic amines) is 2. The number of hydrogen-bond donors (Lipinski definition) is 0.